The van der Waals surface area contributed by atoms with Crippen LogP contribution in [0.1, 0.15) is 50.2 Å². The van der Waals surface area contributed by atoms with E-state index in [4.69, 9.17) is 19.2 Å². The zero-order valence-electron chi connectivity index (χ0n) is 18.1. The van der Waals surface area contributed by atoms with Crippen molar-refractivity contribution in [3.8, 4) is 11.5 Å². The van der Waals surface area contributed by atoms with Gasteiger partial charge in [-0.2, -0.15) is 0 Å². The zero-order valence-corrected chi connectivity index (χ0v) is 18.1. The standard InChI is InChI=1S/C25H33NO3/c1-25(2)17-21(14-16-29-25)24(20-7-11-23(28-4)12-8-20)13-15-26-18-19-5-9-22(27-3)10-6-19/h5-12,18,21,24H,13-17H2,1-4H3/t21-,24-/m0/s1. The quantitative estimate of drug-likeness (QED) is 0.554. The molecule has 2 atom stereocenters. The van der Waals surface area contributed by atoms with E-state index in [2.05, 4.69) is 38.1 Å². The van der Waals surface area contributed by atoms with Crippen LogP contribution in [0.15, 0.2) is 53.5 Å². The molecule has 4 heteroatoms. The predicted octanol–water partition coefficient (Wildman–Crippen LogP) is 5.50. The lowest BCUT2D eigenvalue weighted by atomic mass is 9.75. The Morgan fingerprint density at radius 3 is 2.24 bits per heavy atom. The van der Waals surface area contributed by atoms with Crippen LogP contribution in [-0.2, 0) is 4.74 Å². The van der Waals surface area contributed by atoms with Crippen LogP contribution in [0.25, 0.3) is 0 Å². The average Bonchev–Trinajstić information content (AvgIpc) is 2.73. The third-order valence-electron chi connectivity index (χ3n) is 5.77. The third-order valence-corrected chi connectivity index (χ3v) is 5.77. The predicted molar refractivity (Wildman–Crippen MR) is 119 cm³/mol. The first kappa shape index (κ1) is 21.4. The van der Waals surface area contributed by atoms with E-state index in [1.807, 2.05) is 30.5 Å². The van der Waals surface area contributed by atoms with Crippen molar-refractivity contribution in [3.63, 3.8) is 0 Å². The van der Waals surface area contributed by atoms with E-state index >= 15 is 0 Å². The fraction of sp³-hybridized carbons (Fsp3) is 0.480. The summed E-state index contributed by atoms with van der Waals surface area (Å²) in [4.78, 5) is 4.71. The molecule has 1 aliphatic heterocycles. The van der Waals surface area contributed by atoms with Crippen LogP contribution in [0.5, 0.6) is 11.5 Å². The summed E-state index contributed by atoms with van der Waals surface area (Å²) in [6.45, 7) is 6.04. The molecular formula is C25H33NO3. The van der Waals surface area contributed by atoms with Gasteiger partial charge in [-0.25, -0.2) is 0 Å². The Bertz CT molecular complexity index is 781. The lowest BCUT2D eigenvalue weighted by Crippen LogP contribution is -2.36. The summed E-state index contributed by atoms with van der Waals surface area (Å²) in [6, 6.07) is 16.5. The molecule has 1 fully saturated rings. The van der Waals surface area contributed by atoms with Crippen LogP contribution >= 0.6 is 0 Å². The number of hydrogen-bond acceptors (Lipinski definition) is 4. The van der Waals surface area contributed by atoms with E-state index in [0.717, 1.165) is 49.5 Å². The second kappa shape index (κ2) is 9.93. The molecule has 29 heavy (non-hydrogen) atoms. The highest BCUT2D eigenvalue weighted by atomic mass is 16.5. The van der Waals surface area contributed by atoms with Crippen LogP contribution in [0, 0.1) is 5.92 Å². The number of nitrogens with zero attached hydrogens (tertiary/aromatic N) is 1. The molecule has 156 valence electrons. The number of hydrogen-bond donors (Lipinski definition) is 0. The zero-order chi connectivity index (χ0) is 20.7. The van der Waals surface area contributed by atoms with Crippen molar-refractivity contribution in [1.82, 2.24) is 0 Å². The lowest BCUT2D eigenvalue weighted by Gasteiger charge is -2.39. The molecule has 0 saturated carbocycles. The van der Waals surface area contributed by atoms with Crippen LogP contribution < -0.4 is 9.47 Å². The van der Waals surface area contributed by atoms with Gasteiger partial charge in [0.2, 0.25) is 0 Å². The number of ether oxygens (including phenoxy) is 3. The third kappa shape index (κ3) is 6.07. The Morgan fingerprint density at radius 1 is 1.03 bits per heavy atom. The van der Waals surface area contributed by atoms with Crippen LogP contribution in [0.2, 0.25) is 0 Å². The number of methoxy groups -OCH3 is 2. The second-order valence-corrected chi connectivity index (χ2v) is 8.34. The van der Waals surface area contributed by atoms with Gasteiger partial charge in [-0.1, -0.05) is 12.1 Å². The molecule has 0 unspecified atom stereocenters. The van der Waals surface area contributed by atoms with Gasteiger partial charge in [0.15, 0.2) is 0 Å². The van der Waals surface area contributed by atoms with Crippen molar-refractivity contribution in [2.45, 2.75) is 44.6 Å². The van der Waals surface area contributed by atoms with Gasteiger partial charge in [0.05, 0.1) is 19.8 Å². The van der Waals surface area contributed by atoms with Gasteiger partial charge in [0.25, 0.3) is 0 Å². The van der Waals surface area contributed by atoms with Crippen LogP contribution in [-0.4, -0.2) is 39.2 Å². The molecule has 0 N–H and O–H groups in total. The Kier molecular flexibility index (Phi) is 7.32. The highest BCUT2D eigenvalue weighted by Crippen LogP contribution is 2.40. The average molecular weight is 396 g/mol. The molecule has 0 aromatic heterocycles. The Labute approximate surface area is 174 Å². The Balaban J connectivity index is 1.69. The van der Waals surface area contributed by atoms with Gasteiger partial charge < -0.3 is 14.2 Å². The fourth-order valence-corrected chi connectivity index (χ4v) is 4.22. The summed E-state index contributed by atoms with van der Waals surface area (Å²) in [5.74, 6) is 2.83. The van der Waals surface area contributed by atoms with E-state index in [-0.39, 0.29) is 5.60 Å². The first-order valence-corrected chi connectivity index (χ1v) is 10.4. The first-order valence-electron chi connectivity index (χ1n) is 10.4. The summed E-state index contributed by atoms with van der Waals surface area (Å²) in [5.41, 5.74) is 2.41. The van der Waals surface area contributed by atoms with Gasteiger partial charge in [-0.3, -0.25) is 4.99 Å². The van der Waals surface area contributed by atoms with Gasteiger partial charge in [0.1, 0.15) is 11.5 Å². The number of rotatable bonds is 8. The minimum absolute atomic E-state index is 0.0556. The molecule has 1 aliphatic rings. The van der Waals surface area contributed by atoms with Crippen molar-refractivity contribution in [1.29, 1.82) is 0 Å². The molecule has 0 radical (unpaired) electrons. The van der Waals surface area contributed by atoms with Crippen molar-refractivity contribution < 1.29 is 14.2 Å². The maximum Gasteiger partial charge on any atom is 0.118 e. The van der Waals surface area contributed by atoms with Crippen LogP contribution in [0.3, 0.4) is 0 Å². The van der Waals surface area contributed by atoms with Crippen LogP contribution in [0.4, 0.5) is 0 Å². The van der Waals surface area contributed by atoms with Gasteiger partial charge >= 0.3 is 0 Å². The van der Waals surface area contributed by atoms with E-state index in [1.54, 1.807) is 14.2 Å². The lowest BCUT2D eigenvalue weighted by molar-refractivity contribution is -0.0771. The molecule has 0 spiro atoms. The summed E-state index contributed by atoms with van der Waals surface area (Å²) >= 11 is 0. The molecule has 2 aromatic rings. The van der Waals surface area contributed by atoms with E-state index < -0.39 is 0 Å². The molecule has 1 saturated heterocycles. The van der Waals surface area contributed by atoms with Crippen molar-refractivity contribution in [2.75, 3.05) is 27.4 Å². The maximum atomic E-state index is 5.96. The monoisotopic (exact) mass is 395 g/mol. The van der Waals surface area contributed by atoms with Crippen molar-refractivity contribution >= 4 is 6.21 Å². The fourth-order valence-electron chi connectivity index (χ4n) is 4.22. The molecule has 0 aliphatic carbocycles. The highest BCUT2D eigenvalue weighted by Gasteiger charge is 2.33. The van der Waals surface area contributed by atoms with E-state index in [1.165, 1.54) is 5.56 Å². The maximum absolute atomic E-state index is 5.96. The SMILES string of the molecule is COc1ccc(C=NCC[C@@H](c2ccc(OC)cc2)[C@H]2CCOC(C)(C)C2)cc1. The number of aliphatic imine (C=N–C) groups is 1. The van der Waals surface area contributed by atoms with Crippen molar-refractivity contribution in [3.05, 3.63) is 59.7 Å². The molecule has 2 aromatic carbocycles. The Morgan fingerprint density at radius 2 is 1.66 bits per heavy atom. The van der Waals surface area contributed by atoms with Gasteiger partial charge in [-0.05, 0) is 92.5 Å². The summed E-state index contributed by atoms with van der Waals surface area (Å²) in [6.07, 6.45) is 5.16. The summed E-state index contributed by atoms with van der Waals surface area (Å²) in [7, 11) is 3.39. The topological polar surface area (TPSA) is 40.0 Å². The largest absolute Gasteiger partial charge is 0.497 e. The molecule has 1 heterocycles. The Hall–Kier alpha value is -2.33. The summed E-state index contributed by atoms with van der Waals surface area (Å²) < 4.78 is 16.5. The first-order chi connectivity index (χ1) is 14.0. The second-order valence-electron chi connectivity index (χ2n) is 8.34. The molecule has 0 bridgehead atoms. The molecule has 4 nitrogen and oxygen atoms in total. The minimum Gasteiger partial charge on any atom is -0.497 e. The van der Waals surface area contributed by atoms with E-state index in [9.17, 15) is 0 Å². The highest BCUT2D eigenvalue weighted by molar-refractivity contribution is 5.79. The smallest absolute Gasteiger partial charge is 0.118 e. The van der Waals surface area contributed by atoms with E-state index in [0.29, 0.717) is 11.8 Å². The van der Waals surface area contributed by atoms with Gasteiger partial charge in [-0.15, -0.1) is 0 Å². The van der Waals surface area contributed by atoms with Gasteiger partial charge in [0, 0.05) is 19.4 Å². The summed E-state index contributed by atoms with van der Waals surface area (Å²) in [5, 5.41) is 0. The number of benzene rings is 2. The normalized spacial score (nSPS) is 19.8. The molecular weight excluding hydrogens is 362 g/mol. The van der Waals surface area contributed by atoms with Crippen molar-refractivity contribution in [2.24, 2.45) is 10.9 Å². The molecule has 0 amide bonds. The molecule has 3 rings (SSSR count). The minimum atomic E-state index is -0.0556.